The monoisotopic (exact) mass is 261 g/mol. The molecule has 2 heterocycles. The van der Waals surface area contributed by atoms with Gasteiger partial charge in [-0.15, -0.1) is 0 Å². The Balaban J connectivity index is 2.06. The van der Waals surface area contributed by atoms with E-state index in [1.54, 1.807) is 6.20 Å². The fourth-order valence-electron chi connectivity index (χ4n) is 2.03. The second kappa shape index (κ2) is 4.82. The summed E-state index contributed by atoms with van der Waals surface area (Å²) in [5.74, 6) is 1.62. The minimum absolute atomic E-state index is 0.398. The Labute approximate surface area is 110 Å². The first-order valence-corrected chi connectivity index (χ1v) is 6.19. The van der Waals surface area contributed by atoms with Crippen molar-refractivity contribution in [3.05, 3.63) is 41.8 Å². The van der Waals surface area contributed by atoms with Crippen LogP contribution in [-0.4, -0.2) is 23.1 Å². The quantitative estimate of drug-likeness (QED) is 0.791. The molecule has 0 N–H and O–H groups in total. The first-order valence-electron chi connectivity index (χ1n) is 5.81. The second-order valence-corrected chi connectivity index (χ2v) is 4.41. The number of halogens is 1. The molecule has 1 aliphatic heterocycles. The van der Waals surface area contributed by atoms with Gasteiger partial charge in [0.05, 0.1) is 24.7 Å². The van der Waals surface area contributed by atoms with Gasteiger partial charge in [-0.3, -0.25) is 4.98 Å². The molecule has 0 fully saturated rings. The lowest BCUT2D eigenvalue weighted by Gasteiger charge is -2.22. The van der Waals surface area contributed by atoms with Crippen molar-refractivity contribution < 1.29 is 4.74 Å². The molecule has 0 amide bonds. The number of benzene rings is 1. The number of ether oxygens (including phenoxy) is 1. The number of anilines is 2. The Hall–Kier alpha value is -1.81. The molecule has 1 aromatic carbocycles. The van der Waals surface area contributed by atoms with E-state index in [0.717, 1.165) is 30.2 Å². The predicted molar refractivity (Wildman–Crippen MR) is 70.6 cm³/mol. The molecule has 4 nitrogen and oxygen atoms in total. The molecule has 1 aliphatic rings. The molecule has 0 atom stereocenters. The molecule has 0 bridgehead atoms. The molecule has 0 unspecified atom stereocenters. The Kier molecular flexibility index (Phi) is 3.02. The number of fused-ring (bicyclic) bond motifs is 1. The highest BCUT2D eigenvalue weighted by Gasteiger charge is 2.18. The van der Waals surface area contributed by atoms with Crippen molar-refractivity contribution in [3.8, 4) is 5.75 Å². The number of para-hydroxylation sites is 2. The van der Waals surface area contributed by atoms with Crippen LogP contribution in [0.2, 0.25) is 5.15 Å². The van der Waals surface area contributed by atoms with Crippen LogP contribution in [0.4, 0.5) is 11.5 Å². The summed E-state index contributed by atoms with van der Waals surface area (Å²) in [6, 6.07) is 7.93. The molecule has 2 aromatic rings. The molecule has 3 rings (SSSR count). The Morgan fingerprint density at radius 2 is 2.11 bits per heavy atom. The third kappa shape index (κ3) is 2.11. The third-order valence-corrected chi connectivity index (χ3v) is 2.99. The van der Waals surface area contributed by atoms with Gasteiger partial charge in [0.25, 0.3) is 0 Å². The van der Waals surface area contributed by atoms with Crippen LogP contribution in [0.1, 0.15) is 6.42 Å². The summed E-state index contributed by atoms with van der Waals surface area (Å²) in [5, 5.41) is 0.398. The number of nitrogens with zero attached hydrogens (tertiary/aromatic N) is 3. The molecule has 0 aliphatic carbocycles. The molecular weight excluding hydrogens is 250 g/mol. The SMILES string of the molecule is Clc1cncc(N2CCCOc3ccccc32)n1. The molecule has 0 saturated carbocycles. The normalized spacial score (nSPS) is 14.6. The standard InChI is InChI=1S/C13H12ClN3O/c14-12-8-15-9-13(16-12)17-6-3-7-18-11-5-2-1-4-10(11)17/h1-2,4-5,8-9H,3,6-7H2. The number of rotatable bonds is 1. The lowest BCUT2D eigenvalue weighted by Crippen LogP contribution is -2.19. The van der Waals surface area contributed by atoms with Gasteiger partial charge in [-0.25, -0.2) is 4.98 Å². The smallest absolute Gasteiger partial charge is 0.153 e. The minimum Gasteiger partial charge on any atom is -0.491 e. The molecule has 5 heteroatoms. The zero-order chi connectivity index (χ0) is 12.4. The fourth-order valence-corrected chi connectivity index (χ4v) is 2.17. The van der Waals surface area contributed by atoms with Crippen LogP contribution in [0.25, 0.3) is 0 Å². The Bertz CT molecular complexity index is 561. The maximum absolute atomic E-state index is 5.90. The number of aromatic nitrogens is 2. The van der Waals surface area contributed by atoms with Gasteiger partial charge in [-0.2, -0.15) is 0 Å². The number of hydrogen-bond donors (Lipinski definition) is 0. The van der Waals surface area contributed by atoms with Crippen LogP contribution < -0.4 is 9.64 Å². The molecule has 0 saturated heterocycles. The highest BCUT2D eigenvalue weighted by Crippen LogP contribution is 2.34. The summed E-state index contributed by atoms with van der Waals surface area (Å²) in [7, 11) is 0. The van der Waals surface area contributed by atoms with Gasteiger partial charge < -0.3 is 9.64 Å². The lowest BCUT2D eigenvalue weighted by atomic mass is 10.2. The summed E-state index contributed by atoms with van der Waals surface area (Å²) < 4.78 is 5.71. The summed E-state index contributed by atoms with van der Waals surface area (Å²) >= 11 is 5.90. The van der Waals surface area contributed by atoms with Crippen molar-refractivity contribution in [1.29, 1.82) is 0 Å². The van der Waals surface area contributed by atoms with E-state index in [-0.39, 0.29) is 0 Å². The van der Waals surface area contributed by atoms with E-state index in [4.69, 9.17) is 16.3 Å². The van der Waals surface area contributed by atoms with E-state index < -0.39 is 0 Å². The van der Waals surface area contributed by atoms with E-state index in [1.807, 2.05) is 24.3 Å². The third-order valence-electron chi connectivity index (χ3n) is 2.81. The van der Waals surface area contributed by atoms with E-state index in [0.29, 0.717) is 11.8 Å². The Morgan fingerprint density at radius 1 is 1.22 bits per heavy atom. The highest BCUT2D eigenvalue weighted by atomic mass is 35.5. The highest BCUT2D eigenvalue weighted by molar-refractivity contribution is 6.29. The summed E-state index contributed by atoms with van der Waals surface area (Å²) in [5.41, 5.74) is 1.01. The first kappa shape index (κ1) is 11.3. The molecule has 0 radical (unpaired) electrons. The predicted octanol–water partition coefficient (Wildman–Crippen LogP) is 3.05. The zero-order valence-electron chi connectivity index (χ0n) is 9.71. The molecule has 0 spiro atoms. The van der Waals surface area contributed by atoms with Crippen LogP contribution in [0.5, 0.6) is 5.75 Å². The first-order chi connectivity index (χ1) is 8.84. The van der Waals surface area contributed by atoms with Gasteiger partial charge in [-0.05, 0) is 18.6 Å². The summed E-state index contributed by atoms with van der Waals surface area (Å²) in [6.45, 7) is 1.55. The summed E-state index contributed by atoms with van der Waals surface area (Å²) in [4.78, 5) is 10.5. The molecule has 18 heavy (non-hydrogen) atoms. The van der Waals surface area contributed by atoms with E-state index in [1.165, 1.54) is 6.20 Å². The maximum Gasteiger partial charge on any atom is 0.153 e. The van der Waals surface area contributed by atoms with Crippen LogP contribution in [-0.2, 0) is 0 Å². The minimum atomic E-state index is 0.398. The van der Waals surface area contributed by atoms with Gasteiger partial charge in [0, 0.05) is 6.54 Å². The van der Waals surface area contributed by atoms with Gasteiger partial charge >= 0.3 is 0 Å². The average Bonchev–Trinajstić information content (AvgIpc) is 2.61. The van der Waals surface area contributed by atoms with E-state index >= 15 is 0 Å². The summed E-state index contributed by atoms with van der Waals surface area (Å²) in [6.07, 6.45) is 4.18. The molecule has 1 aromatic heterocycles. The fraction of sp³-hybridized carbons (Fsp3) is 0.231. The van der Waals surface area contributed by atoms with Crippen molar-refractivity contribution in [2.45, 2.75) is 6.42 Å². The van der Waals surface area contributed by atoms with Crippen molar-refractivity contribution in [2.75, 3.05) is 18.1 Å². The van der Waals surface area contributed by atoms with Crippen LogP contribution >= 0.6 is 11.6 Å². The van der Waals surface area contributed by atoms with Crippen LogP contribution in [0, 0.1) is 0 Å². The average molecular weight is 262 g/mol. The van der Waals surface area contributed by atoms with Crippen molar-refractivity contribution >= 4 is 23.1 Å². The van der Waals surface area contributed by atoms with E-state index in [9.17, 15) is 0 Å². The maximum atomic E-state index is 5.90. The zero-order valence-corrected chi connectivity index (χ0v) is 10.5. The van der Waals surface area contributed by atoms with Crippen LogP contribution in [0.15, 0.2) is 36.7 Å². The Morgan fingerprint density at radius 3 is 3.00 bits per heavy atom. The van der Waals surface area contributed by atoms with Crippen molar-refractivity contribution in [2.24, 2.45) is 0 Å². The van der Waals surface area contributed by atoms with Gasteiger partial charge in [0.2, 0.25) is 0 Å². The molecular formula is C13H12ClN3O. The largest absolute Gasteiger partial charge is 0.491 e. The van der Waals surface area contributed by atoms with Crippen molar-refractivity contribution in [3.63, 3.8) is 0 Å². The topological polar surface area (TPSA) is 38.2 Å². The molecule has 92 valence electrons. The van der Waals surface area contributed by atoms with Gasteiger partial charge in [-0.1, -0.05) is 23.7 Å². The lowest BCUT2D eigenvalue weighted by molar-refractivity contribution is 0.322. The van der Waals surface area contributed by atoms with Gasteiger partial charge in [0.1, 0.15) is 10.9 Å². The van der Waals surface area contributed by atoms with Gasteiger partial charge in [0.15, 0.2) is 5.82 Å². The van der Waals surface area contributed by atoms with Crippen molar-refractivity contribution in [1.82, 2.24) is 9.97 Å². The van der Waals surface area contributed by atoms with Crippen LogP contribution in [0.3, 0.4) is 0 Å². The number of hydrogen-bond acceptors (Lipinski definition) is 4. The second-order valence-electron chi connectivity index (χ2n) is 4.02. The van der Waals surface area contributed by atoms with E-state index in [2.05, 4.69) is 14.9 Å².